The number of fused-ring (bicyclic) bond motifs is 7. The van der Waals surface area contributed by atoms with E-state index in [-0.39, 0.29) is 62.4 Å². The second-order valence-corrected chi connectivity index (χ2v) is 20.8. The molecule has 0 aromatic heterocycles. The summed E-state index contributed by atoms with van der Waals surface area (Å²) < 4.78 is 5.98. The molecular formula is C44H70N2O4. The first-order chi connectivity index (χ1) is 23.3. The minimum absolute atomic E-state index is 0.00128. The largest absolute Gasteiger partial charge is 0.462 e. The number of rotatable bonds is 5. The van der Waals surface area contributed by atoms with Crippen molar-refractivity contribution in [3.8, 4) is 0 Å². The number of carbonyl (C=O) groups excluding carboxylic acids is 3. The minimum atomic E-state index is -0.347. The van der Waals surface area contributed by atoms with Crippen LogP contribution in [0.3, 0.4) is 0 Å². The van der Waals surface area contributed by atoms with Crippen LogP contribution in [0.4, 0.5) is 0 Å². The number of allylic oxidation sites excluding steroid dienone is 1. The molecule has 0 bridgehead atoms. The summed E-state index contributed by atoms with van der Waals surface area (Å²) in [4.78, 5) is 42.7. The van der Waals surface area contributed by atoms with E-state index in [0.717, 1.165) is 70.9 Å². The van der Waals surface area contributed by atoms with Crippen molar-refractivity contribution in [1.29, 1.82) is 0 Å². The molecule has 6 aliphatic carbocycles. The van der Waals surface area contributed by atoms with Gasteiger partial charge >= 0.3 is 5.97 Å². The first-order valence-corrected chi connectivity index (χ1v) is 20.8. The Morgan fingerprint density at radius 3 is 2.08 bits per heavy atom. The molecule has 1 N–H and O–H groups in total. The van der Waals surface area contributed by atoms with Crippen molar-refractivity contribution in [1.82, 2.24) is 10.2 Å². The number of hydrogen-bond donors (Lipinski definition) is 1. The number of ether oxygens (including phenoxy) is 1. The zero-order valence-electron chi connectivity index (χ0n) is 33.2. The van der Waals surface area contributed by atoms with Gasteiger partial charge in [0.05, 0.1) is 5.41 Å². The maximum absolute atomic E-state index is 14.9. The Hall–Kier alpha value is -1.85. The van der Waals surface area contributed by atoms with Gasteiger partial charge in [-0.3, -0.25) is 14.4 Å². The molecule has 12 atom stereocenters. The fraction of sp³-hybridized carbons (Fsp3) is 0.886. The molecule has 1 saturated heterocycles. The van der Waals surface area contributed by atoms with Crippen molar-refractivity contribution in [2.24, 2.45) is 68.0 Å². The molecule has 50 heavy (non-hydrogen) atoms. The molecule has 0 spiro atoms. The third-order valence-corrected chi connectivity index (χ3v) is 18.3. The molecule has 7 rings (SSSR count). The monoisotopic (exact) mass is 691 g/mol. The van der Waals surface area contributed by atoms with Gasteiger partial charge in [0.25, 0.3) is 0 Å². The Morgan fingerprint density at radius 2 is 1.44 bits per heavy atom. The first-order valence-electron chi connectivity index (χ1n) is 20.8. The SMILES string of the molecule is C=C(C)[C@@H]1CC[C@]2(C(=O)N[C@@H]3C[C@H](C(=O)N4CCCCC4)C3(C)C)CC[C@]3(C)[C@H](CC[C@@H]4[C@@]5(C)CC[C@H](OC(C)=O)C(C)(C)[C@@H]5CC[C@]43C)[C@@H]12. The van der Waals surface area contributed by atoms with Gasteiger partial charge < -0.3 is 15.0 Å². The average Bonchev–Trinajstić information content (AvgIpc) is 3.46. The van der Waals surface area contributed by atoms with E-state index in [1.54, 1.807) is 6.92 Å². The molecule has 1 heterocycles. The summed E-state index contributed by atoms with van der Waals surface area (Å²) in [5.74, 6) is 2.82. The van der Waals surface area contributed by atoms with Crippen molar-refractivity contribution in [2.45, 2.75) is 164 Å². The van der Waals surface area contributed by atoms with Gasteiger partial charge in [-0.2, -0.15) is 0 Å². The molecule has 1 aliphatic heterocycles. The Morgan fingerprint density at radius 1 is 0.740 bits per heavy atom. The van der Waals surface area contributed by atoms with E-state index in [1.165, 1.54) is 37.7 Å². The average molecular weight is 691 g/mol. The highest BCUT2D eigenvalue weighted by Gasteiger charge is 2.72. The van der Waals surface area contributed by atoms with Gasteiger partial charge in [-0.15, -0.1) is 0 Å². The summed E-state index contributed by atoms with van der Waals surface area (Å²) in [6, 6.07) is 0.0508. The third kappa shape index (κ3) is 5.00. The van der Waals surface area contributed by atoms with Crippen molar-refractivity contribution in [3.63, 3.8) is 0 Å². The molecule has 280 valence electrons. The van der Waals surface area contributed by atoms with E-state index < -0.39 is 0 Å². The van der Waals surface area contributed by atoms with Crippen molar-refractivity contribution in [3.05, 3.63) is 12.2 Å². The third-order valence-electron chi connectivity index (χ3n) is 18.3. The topological polar surface area (TPSA) is 75.7 Å². The fourth-order valence-electron chi connectivity index (χ4n) is 15.1. The molecule has 0 radical (unpaired) electrons. The smallest absolute Gasteiger partial charge is 0.302 e. The molecule has 2 amide bonds. The molecular weight excluding hydrogens is 620 g/mol. The second kappa shape index (κ2) is 12.1. The van der Waals surface area contributed by atoms with E-state index in [2.05, 4.69) is 72.2 Å². The van der Waals surface area contributed by atoms with Crippen LogP contribution in [0, 0.1) is 68.0 Å². The molecule has 7 fully saturated rings. The highest BCUT2D eigenvalue weighted by atomic mass is 16.5. The van der Waals surface area contributed by atoms with Crippen LogP contribution in [0.1, 0.15) is 152 Å². The van der Waals surface area contributed by atoms with Crippen LogP contribution >= 0.6 is 0 Å². The lowest BCUT2D eigenvalue weighted by atomic mass is 9.32. The number of hydrogen-bond acceptors (Lipinski definition) is 4. The number of nitrogens with zero attached hydrogens (tertiary/aromatic N) is 1. The molecule has 6 saturated carbocycles. The lowest BCUT2D eigenvalue weighted by molar-refractivity contribution is -0.249. The zero-order chi connectivity index (χ0) is 36.2. The predicted octanol–water partition coefficient (Wildman–Crippen LogP) is 9.12. The van der Waals surface area contributed by atoms with Gasteiger partial charge in [0, 0.05) is 37.4 Å². The summed E-state index contributed by atoms with van der Waals surface area (Å²) in [7, 11) is 0. The first kappa shape index (κ1) is 36.5. The Kier molecular flexibility index (Phi) is 8.82. The maximum Gasteiger partial charge on any atom is 0.302 e. The number of piperidine rings is 1. The number of esters is 1. The summed E-state index contributed by atoms with van der Waals surface area (Å²) in [6.07, 6.45) is 15.2. The second-order valence-electron chi connectivity index (χ2n) is 20.8. The van der Waals surface area contributed by atoms with E-state index in [4.69, 9.17) is 4.74 Å². The quantitative estimate of drug-likeness (QED) is 0.231. The molecule has 0 unspecified atom stereocenters. The summed E-state index contributed by atoms with van der Waals surface area (Å²) >= 11 is 0. The molecule has 6 nitrogen and oxygen atoms in total. The van der Waals surface area contributed by atoms with E-state index in [1.807, 2.05) is 0 Å². The minimum Gasteiger partial charge on any atom is -0.462 e. The molecule has 0 aromatic carbocycles. The number of likely N-dealkylation sites (tertiary alicyclic amines) is 1. The van der Waals surface area contributed by atoms with Crippen LogP contribution in [0.2, 0.25) is 0 Å². The number of carbonyl (C=O) groups is 3. The highest BCUT2D eigenvalue weighted by molar-refractivity contribution is 5.86. The van der Waals surface area contributed by atoms with Gasteiger partial charge in [-0.05, 0) is 148 Å². The lowest BCUT2D eigenvalue weighted by Gasteiger charge is -2.73. The van der Waals surface area contributed by atoms with Crippen molar-refractivity contribution >= 4 is 17.8 Å². The van der Waals surface area contributed by atoms with Gasteiger partial charge in [-0.1, -0.05) is 60.6 Å². The van der Waals surface area contributed by atoms with Crippen LogP contribution in [-0.4, -0.2) is 47.9 Å². The van der Waals surface area contributed by atoms with Crippen LogP contribution in [0.5, 0.6) is 0 Å². The van der Waals surface area contributed by atoms with Gasteiger partial charge in [0.1, 0.15) is 6.10 Å². The Labute approximate surface area is 304 Å². The van der Waals surface area contributed by atoms with Crippen LogP contribution < -0.4 is 5.32 Å². The zero-order valence-corrected chi connectivity index (χ0v) is 33.2. The van der Waals surface area contributed by atoms with E-state index in [0.29, 0.717) is 35.5 Å². The van der Waals surface area contributed by atoms with E-state index in [9.17, 15) is 14.4 Å². The Bertz CT molecular complexity index is 1410. The highest BCUT2D eigenvalue weighted by Crippen LogP contribution is 2.77. The normalized spacial score (nSPS) is 47.3. The van der Waals surface area contributed by atoms with Crippen molar-refractivity contribution < 1.29 is 19.1 Å². The lowest BCUT2D eigenvalue weighted by Crippen LogP contribution is -2.68. The van der Waals surface area contributed by atoms with Gasteiger partial charge in [0.15, 0.2) is 0 Å². The predicted molar refractivity (Wildman–Crippen MR) is 199 cm³/mol. The van der Waals surface area contributed by atoms with Crippen LogP contribution in [0.15, 0.2) is 12.2 Å². The molecule has 6 heteroatoms. The summed E-state index contributed by atoms with van der Waals surface area (Å²) in [5, 5.41) is 3.65. The Balaban J connectivity index is 1.14. The molecule has 7 aliphatic rings. The fourth-order valence-corrected chi connectivity index (χ4v) is 15.1. The van der Waals surface area contributed by atoms with Crippen LogP contribution in [-0.2, 0) is 19.1 Å². The van der Waals surface area contributed by atoms with Gasteiger partial charge in [0.2, 0.25) is 11.8 Å². The van der Waals surface area contributed by atoms with Crippen LogP contribution in [0.25, 0.3) is 0 Å². The van der Waals surface area contributed by atoms with Gasteiger partial charge in [-0.25, -0.2) is 0 Å². The summed E-state index contributed by atoms with van der Waals surface area (Å²) in [6.45, 7) is 27.2. The molecule has 0 aromatic rings. The maximum atomic E-state index is 14.9. The summed E-state index contributed by atoms with van der Waals surface area (Å²) in [5.41, 5.74) is 1.23. The van der Waals surface area contributed by atoms with Crippen molar-refractivity contribution in [2.75, 3.05) is 13.1 Å². The number of nitrogens with one attached hydrogen (secondary N) is 1. The van der Waals surface area contributed by atoms with E-state index >= 15 is 0 Å². The standard InChI is InChI=1S/C44H70N2O4/c1-27(2)29-16-21-44(38(49)45-34-26-31(39(34,4)5)37(48)46-24-12-11-13-25-46)23-22-42(9)30(36(29)44)14-15-33-41(8)19-18-35(50-28(3)47)40(6,7)32(41)17-20-43(33,42)10/h29-36H,1,11-26H2,2-10H3,(H,45,49)/t29-,30+,31+,32-,33+,34+,35-,36+,41-,42+,43+,44-/m0/s1. The number of amides is 2.